The molecule has 0 atom stereocenters. The SMILES string of the molecule is COc1cc2nccc(Oc3ccc(NC(=O)C4(C(=O)Nc5ccc(F)cc5)CC4)cc3)c2cc1C(=O)NCCN1CCCCC1. The largest absolute Gasteiger partial charge is 0.496 e. The minimum absolute atomic E-state index is 0.231. The summed E-state index contributed by atoms with van der Waals surface area (Å²) < 4.78 is 24.9. The minimum Gasteiger partial charge on any atom is -0.496 e. The lowest BCUT2D eigenvalue weighted by molar-refractivity contribution is -0.131. The van der Waals surface area contributed by atoms with Crippen LogP contribution in [0.5, 0.6) is 17.2 Å². The second kappa shape index (κ2) is 13.5. The highest BCUT2D eigenvalue weighted by molar-refractivity contribution is 6.17. The Bertz CT molecular complexity index is 1740. The van der Waals surface area contributed by atoms with Gasteiger partial charge in [-0.15, -0.1) is 0 Å². The molecule has 0 radical (unpaired) electrons. The van der Waals surface area contributed by atoms with Gasteiger partial charge in [-0.2, -0.15) is 0 Å². The maximum Gasteiger partial charge on any atom is 0.255 e. The molecule has 3 amide bonds. The zero-order valence-electron chi connectivity index (χ0n) is 25.6. The number of anilines is 2. The summed E-state index contributed by atoms with van der Waals surface area (Å²) in [5.74, 6) is -0.0414. The number of nitrogens with zero attached hydrogens (tertiary/aromatic N) is 2. The molecule has 4 aromatic rings. The number of rotatable bonds is 11. The van der Waals surface area contributed by atoms with E-state index in [1.165, 1.54) is 50.6 Å². The molecule has 6 rings (SSSR count). The van der Waals surface area contributed by atoms with E-state index in [-0.39, 0.29) is 5.91 Å². The summed E-state index contributed by atoms with van der Waals surface area (Å²) in [7, 11) is 1.52. The van der Waals surface area contributed by atoms with Gasteiger partial charge in [0.2, 0.25) is 11.8 Å². The van der Waals surface area contributed by atoms with Gasteiger partial charge < -0.3 is 30.3 Å². The van der Waals surface area contributed by atoms with Crippen LogP contribution in [0.2, 0.25) is 0 Å². The van der Waals surface area contributed by atoms with Gasteiger partial charge in [-0.3, -0.25) is 19.4 Å². The van der Waals surface area contributed by atoms with Crippen LogP contribution < -0.4 is 25.4 Å². The fraction of sp³-hybridized carbons (Fsp3) is 0.314. The van der Waals surface area contributed by atoms with Crippen molar-refractivity contribution >= 4 is 40.0 Å². The molecular formula is C35H36FN5O5. The molecule has 1 aliphatic heterocycles. The van der Waals surface area contributed by atoms with E-state index >= 15 is 0 Å². The van der Waals surface area contributed by atoms with Gasteiger partial charge >= 0.3 is 0 Å². The molecule has 1 aromatic heterocycles. The summed E-state index contributed by atoms with van der Waals surface area (Å²) in [5, 5.41) is 9.19. The molecule has 3 N–H and O–H groups in total. The molecule has 238 valence electrons. The van der Waals surface area contributed by atoms with E-state index in [1.54, 1.807) is 48.7 Å². The molecule has 46 heavy (non-hydrogen) atoms. The number of hydrogen-bond donors (Lipinski definition) is 3. The summed E-state index contributed by atoms with van der Waals surface area (Å²) in [6.07, 6.45) is 6.11. The van der Waals surface area contributed by atoms with Crippen LogP contribution >= 0.6 is 0 Å². The van der Waals surface area contributed by atoms with Crippen molar-refractivity contribution in [2.45, 2.75) is 32.1 Å². The number of fused-ring (bicyclic) bond motifs is 1. The fourth-order valence-electron chi connectivity index (χ4n) is 5.64. The number of likely N-dealkylation sites (tertiary alicyclic amines) is 1. The van der Waals surface area contributed by atoms with Crippen molar-refractivity contribution in [3.63, 3.8) is 0 Å². The fourth-order valence-corrected chi connectivity index (χ4v) is 5.64. The zero-order valence-corrected chi connectivity index (χ0v) is 25.6. The summed E-state index contributed by atoms with van der Waals surface area (Å²) in [4.78, 5) is 45.9. The molecular weight excluding hydrogens is 589 g/mol. The van der Waals surface area contributed by atoms with Crippen molar-refractivity contribution in [2.75, 3.05) is 43.9 Å². The third-order valence-electron chi connectivity index (χ3n) is 8.49. The number of carbonyl (C=O) groups is 3. The predicted octanol–water partition coefficient (Wildman–Crippen LogP) is 5.75. The van der Waals surface area contributed by atoms with Crippen molar-refractivity contribution in [3.8, 4) is 17.2 Å². The molecule has 1 saturated heterocycles. The first kappa shape index (κ1) is 31.0. The van der Waals surface area contributed by atoms with Crippen molar-refractivity contribution in [1.29, 1.82) is 0 Å². The van der Waals surface area contributed by atoms with Crippen LogP contribution in [-0.4, -0.2) is 60.9 Å². The smallest absolute Gasteiger partial charge is 0.255 e. The molecule has 2 heterocycles. The van der Waals surface area contributed by atoms with Crippen LogP contribution in [0.4, 0.5) is 15.8 Å². The predicted molar refractivity (Wildman–Crippen MR) is 173 cm³/mol. The summed E-state index contributed by atoms with van der Waals surface area (Å²) >= 11 is 0. The number of hydrogen-bond acceptors (Lipinski definition) is 7. The Morgan fingerprint density at radius 3 is 2.15 bits per heavy atom. The first-order valence-electron chi connectivity index (χ1n) is 15.5. The Morgan fingerprint density at radius 2 is 1.52 bits per heavy atom. The van der Waals surface area contributed by atoms with Gasteiger partial charge in [-0.05, 0) is 99.4 Å². The first-order valence-corrected chi connectivity index (χ1v) is 15.5. The second-order valence-electron chi connectivity index (χ2n) is 11.7. The first-order chi connectivity index (χ1) is 22.3. The minimum atomic E-state index is -1.17. The molecule has 1 aliphatic carbocycles. The molecule has 0 bridgehead atoms. The van der Waals surface area contributed by atoms with Gasteiger partial charge in [0.25, 0.3) is 5.91 Å². The molecule has 0 unspecified atom stereocenters. The van der Waals surface area contributed by atoms with Gasteiger partial charge in [0.15, 0.2) is 0 Å². The Morgan fingerprint density at radius 1 is 0.870 bits per heavy atom. The van der Waals surface area contributed by atoms with E-state index in [9.17, 15) is 18.8 Å². The number of ether oxygens (including phenoxy) is 2. The number of amides is 3. The number of nitrogens with one attached hydrogen (secondary N) is 3. The highest BCUT2D eigenvalue weighted by Crippen LogP contribution is 2.47. The van der Waals surface area contributed by atoms with Crippen molar-refractivity contribution in [3.05, 3.63) is 84.3 Å². The van der Waals surface area contributed by atoms with E-state index in [4.69, 9.17) is 9.47 Å². The summed E-state index contributed by atoms with van der Waals surface area (Å²) in [6.45, 7) is 3.47. The van der Waals surface area contributed by atoms with Crippen LogP contribution in [0.3, 0.4) is 0 Å². The Labute approximate surface area is 266 Å². The average molecular weight is 626 g/mol. The van der Waals surface area contributed by atoms with Crippen molar-refractivity contribution in [1.82, 2.24) is 15.2 Å². The monoisotopic (exact) mass is 625 g/mol. The normalized spacial score (nSPS) is 15.5. The molecule has 11 heteroatoms. The van der Waals surface area contributed by atoms with Gasteiger partial charge in [0, 0.05) is 42.1 Å². The second-order valence-corrected chi connectivity index (χ2v) is 11.7. The van der Waals surface area contributed by atoms with Gasteiger partial charge in [-0.25, -0.2) is 4.39 Å². The van der Waals surface area contributed by atoms with E-state index in [1.807, 2.05) is 0 Å². The number of methoxy groups -OCH3 is 1. The van der Waals surface area contributed by atoms with Gasteiger partial charge in [0.05, 0.1) is 18.2 Å². The van der Waals surface area contributed by atoms with Crippen molar-refractivity contribution in [2.24, 2.45) is 5.41 Å². The highest BCUT2D eigenvalue weighted by atomic mass is 19.1. The maximum atomic E-state index is 13.2. The molecule has 0 spiro atoms. The average Bonchev–Trinajstić information content (AvgIpc) is 3.89. The number of aromatic nitrogens is 1. The molecule has 10 nitrogen and oxygen atoms in total. The molecule has 3 aromatic carbocycles. The van der Waals surface area contributed by atoms with E-state index < -0.39 is 23.0 Å². The van der Waals surface area contributed by atoms with Gasteiger partial charge in [-0.1, -0.05) is 6.42 Å². The van der Waals surface area contributed by atoms with E-state index in [0.717, 1.165) is 19.6 Å². The standard InChI is InChI=1S/C35H36FN5O5/c1-45-31-22-29-27(21-28(31)32(42)38-17-20-41-18-3-2-4-19-41)30(13-16-37-29)46-26-11-9-25(10-12-26)40-34(44)35(14-15-35)33(43)39-24-7-5-23(36)6-8-24/h5-13,16,21-22H,2-4,14-15,17-20H2,1H3,(H,38,42)(H,39,43)(H,40,44). The lowest BCUT2D eigenvalue weighted by atomic mass is 10.0. The maximum absolute atomic E-state index is 13.2. The third kappa shape index (κ3) is 6.94. The van der Waals surface area contributed by atoms with E-state index in [2.05, 4.69) is 25.8 Å². The Balaban J connectivity index is 1.11. The lowest BCUT2D eigenvalue weighted by Gasteiger charge is -2.26. The quantitative estimate of drug-likeness (QED) is 0.182. The Hall–Kier alpha value is -5.03. The highest BCUT2D eigenvalue weighted by Gasteiger charge is 2.56. The molecule has 2 fully saturated rings. The number of carbonyl (C=O) groups excluding carboxylic acids is 3. The van der Waals surface area contributed by atoms with Gasteiger partial charge in [0.1, 0.15) is 28.5 Å². The molecule has 1 saturated carbocycles. The van der Waals surface area contributed by atoms with Crippen LogP contribution in [0, 0.1) is 11.2 Å². The van der Waals surface area contributed by atoms with E-state index in [0.29, 0.717) is 64.5 Å². The topological polar surface area (TPSA) is 122 Å². The number of piperidine rings is 1. The van der Waals surface area contributed by atoms with Crippen molar-refractivity contribution < 1.29 is 28.2 Å². The zero-order chi connectivity index (χ0) is 32.1. The number of halogens is 1. The van der Waals surface area contributed by atoms with Crippen LogP contribution in [0.15, 0.2) is 72.9 Å². The summed E-state index contributed by atoms with van der Waals surface area (Å²) in [6, 6.07) is 17.4. The third-order valence-corrected chi connectivity index (χ3v) is 8.49. The number of pyridine rings is 1. The van der Waals surface area contributed by atoms with Crippen LogP contribution in [-0.2, 0) is 9.59 Å². The van der Waals surface area contributed by atoms with Crippen LogP contribution in [0.1, 0.15) is 42.5 Å². The number of benzene rings is 3. The molecule has 2 aliphatic rings. The summed E-state index contributed by atoms with van der Waals surface area (Å²) in [5.41, 5.74) is 0.762. The lowest BCUT2D eigenvalue weighted by Crippen LogP contribution is -2.37. The van der Waals surface area contributed by atoms with Crippen LogP contribution in [0.25, 0.3) is 10.9 Å². The Kier molecular flexibility index (Phi) is 9.11.